The van der Waals surface area contributed by atoms with E-state index in [4.69, 9.17) is 0 Å². The van der Waals surface area contributed by atoms with E-state index in [0.717, 1.165) is 18.9 Å². The molecule has 1 rings (SSSR count). The van der Waals surface area contributed by atoms with Crippen LogP contribution in [0.1, 0.15) is 30.1 Å². The largest absolute Gasteiger partial charge is 0.351 e. The smallest absolute Gasteiger partial charge is 0.254 e. The molecule has 0 heterocycles. The fraction of sp³-hybridized carbons (Fsp3) is 0.417. The Kier molecular flexibility index (Phi) is 5.55. The fourth-order valence-electron chi connectivity index (χ4n) is 1.39. The molecule has 0 aliphatic heterocycles. The highest BCUT2D eigenvalue weighted by Gasteiger charge is 2.15. The van der Waals surface area contributed by atoms with Crippen LogP contribution < -0.4 is 5.32 Å². The molecule has 0 saturated carbocycles. The van der Waals surface area contributed by atoms with Gasteiger partial charge in [0.25, 0.3) is 5.91 Å². The average Bonchev–Trinajstić information content (AvgIpc) is 2.30. The number of nitrogens with one attached hydrogen (secondary N) is 1. The van der Waals surface area contributed by atoms with Crippen LogP contribution in [0, 0.1) is 11.6 Å². The molecule has 1 atom stereocenters. The second-order valence-electron chi connectivity index (χ2n) is 3.70. The lowest BCUT2D eigenvalue weighted by Gasteiger charge is -2.10. The van der Waals surface area contributed by atoms with E-state index in [1.54, 1.807) is 0 Å². The quantitative estimate of drug-likeness (QED) is 0.831. The van der Waals surface area contributed by atoms with Gasteiger partial charge in [0.2, 0.25) is 0 Å². The zero-order valence-corrected chi connectivity index (χ0v) is 11.1. The van der Waals surface area contributed by atoms with Crippen molar-refractivity contribution in [2.75, 3.05) is 6.54 Å². The number of alkyl halides is 1. The van der Waals surface area contributed by atoms with Crippen molar-refractivity contribution < 1.29 is 13.6 Å². The SMILES string of the molecule is CCCC(Br)CNC(=O)c1cccc(F)c1F. The van der Waals surface area contributed by atoms with E-state index in [0.29, 0.717) is 6.54 Å². The van der Waals surface area contributed by atoms with Crippen LogP contribution in [-0.2, 0) is 0 Å². The molecule has 0 aliphatic carbocycles. The standard InChI is InChI=1S/C12H14BrF2NO/c1-2-4-8(13)7-16-12(17)9-5-3-6-10(14)11(9)15/h3,5-6,8H,2,4,7H2,1H3,(H,16,17). The maximum absolute atomic E-state index is 13.3. The number of amides is 1. The molecule has 0 fully saturated rings. The first-order chi connectivity index (χ1) is 8.06. The Bertz CT molecular complexity index is 398. The van der Waals surface area contributed by atoms with Gasteiger partial charge in [0.05, 0.1) is 5.56 Å². The highest BCUT2D eigenvalue weighted by Crippen LogP contribution is 2.12. The number of carbonyl (C=O) groups excluding carboxylic acids is 1. The van der Waals surface area contributed by atoms with Crippen LogP contribution in [0.5, 0.6) is 0 Å². The van der Waals surface area contributed by atoms with E-state index < -0.39 is 17.5 Å². The molecule has 17 heavy (non-hydrogen) atoms. The third-order valence-corrected chi connectivity index (χ3v) is 3.06. The molecule has 1 amide bonds. The molecule has 2 nitrogen and oxygen atoms in total. The Labute approximate surface area is 108 Å². The topological polar surface area (TPSA) is 29.1 Å². The lowest BCUT2D eigenvalue weighted by atomic mass is 10.2. The van der Waals surface area contributed by atoms with Crippen LogP contribution in [0.3, 0.4) is 0 Å². The summed E-state index contributed by atoms with van der Waals surface area (Å²) in [6, 6.07) is 3.55. The summed E-state index contributed by atoms with van der Waals surface area (Å²) in [5.41, 5.74) is -0.263. The second-order valence-corrected chi connectivity index (χ2v) is 4.99. The summed E-state index contributed by atoms with van der Waals surface area (Å²) in [4.78, 5) is 11.7. The zero-order valence-electron chi connectivity index (χ0n) is 9.47. The molecule has 1 aromatic carbocycles. The number of benzene rings is 1. The molecule has 0 spiro atoms. The predicted octanol–water partition coefficient (Wildman–Crippen LogP) is 3.26. The first kappa shape index (κ1) is 14.1. The molecule has 5 heteroatoms. The first-order valence-electron chi connectivity index (χ1n) is 5.42. The van der Waals surface area contributed by atoms with Crippen LogP contribution in [0.4, 0.5) is 8.78 Å². The third kappa shape index (κ3) is 4.07. The molecular weight excluding hydrogens is 292 g/mol. The predicted molar refractivity (Wildman–Crippen MR) is 66.3 cm³/mol. The Morgan fingerprint density at radius 2 is 2.18 bits per heavy atom. The maximum atomic E-state index is 13.3. The van der Waals surface area contributed by atoms with E-state index >= 15 is 0 Å². The van der Waals surface area contributed by atoms with Crippen molar-refractivity contribution in [3.05, 3.63) is 35.4 Å². The van der Waals surface area contributed by atoms with Crippen molar-refractivity contribution >= 4 is 21.8 Å². The zero-order chi connectivity index (χ0) is 12.8. The highest BCUT2D eigenvalue weighted by molar-refractivity contribution is 9.09. The van der Waals surface area contributed by atoms with Gasteiger partial charge in [-0.3, -0.25) is 4.79 Å². The minimum absolute atomic E-state index is 0.146. The summed E-state index contributed by atoms with van der Waals surface area (Å²) in [5.74, 6) is -2.71. The number of carbonyl (C=O) groups is 1. The van der Waals surface area contributed by atoms with Crippen molar-refractivity contribution in [1.29, 1.82) is 0 Å². The molecule has 1 unspecified atom stereocenters. The van der Waals surface area contributed by atoms with E-state index in [9.17, 15) is 13.6 Å². The van der Waals surface area contributed by atoms with Crippen molar-refractivity contribution in [3.8, 4) is 0 Å². The molecule has 0 radical (unpaired) electrons. The second kappa shape index (κ2) is 6.69. The van der Waals surface area contributed by atoms with E-state index in [1.807, 2.05) is 6.92 Å². The summed E-state index contributed by atoms with van der Waals surface area (Å²) in [6.45, 7) is 2.42. The van der Waals surface area contributed by atoms with Crippen LogP contribution in [-0.4, -0.2) is 17.3 Å². The van der Waals surface area contributed by atoms with E-state index in [1.165, 1.54) is 12.1 Å². The van der Waals surface area contributed by atoms with Gasteiger partial charge < -0.3 is 5.32 Å². The van der Waals surface area contributed by atoms with Crippen molar-refractivity contribution in [2.24, 2.45) is 0 Å². The van der Waals surface area contributed by atoms with Gasteiger partial charge in [-0.2, -0.15) is 0 Å². The number of halogens is 3. The van der Waals surface area contributed by atoms with Gasteiger partial charge in [0.15, 0.2) is 11.6 Å². The third-order valence-electron chi connectivity index (χ3n) is 2.28. The monoisotopic (exact) mass is 305 g/mol. The molecule has 0 saturated heterocycles. The lowest BCUT2D eigenvalue weighted by Crippen LogP contribution is -2.30. The summed E-state index contributed by atoms with van der Waals surface area (Å²) < 4.78 is 26.2. The van der Waals surface area contributed by atoms with Gasteiger partial charge in [0.1, 0.15) is 0 Å². The van der Waals surface area contributed by atoms with Gasteiger partial charge in [-0.1, -0.05) is 35.3 Å². The molecule has 1 N–H and O–H groups in total. The Balaban J connectivity index is 2.61. The molecular formula is C12H14BrF2NO. The lowest BCUT2D eigenvalue weighted by molar-refractivity contribution is 0.0948. The van der Waals surface area contributed by atoms with Crippen molar-refractivity contribution in [1.82, 2.24) is 5.32 Å². The molecule has 0 bridgehead atoms. The van der Waals surface area contributed by atoms with Crippen LogP contribution in [0.2, 0.25) is 0 Å². The van der Waals surface area contributed by atoms with Gasteiger partial charge in [0, 0.05) is 11.4 Å². The summed E-state index contributed by atoms with van der Waals surface area (Å²) >= 11 is 3.39. The summed E-state index contributed by atoms with van der Waals surface area (Å²) in [6.07, 6.45) is 1.89. The minimum atomic E-state index is -1.10. The van der Waals surface area contributed by atoms with Gasteiger partial charge in [-0.05, 0) is 18.6 Å². The molecule has 94 valence electrons. The van der Waals surface area contributed by atoms with Gasteiger partial charge >= 0.3 is 0 Å². The van der Waals surface area contributed by atoms with Gasteiger partial charge in [-0.25, -0.2) is 8.78 Å². The van der Waals surface area contributed by atoms with Crippen LogP contribution >= 0.6 is 15.9 Å². The van der Waals surface area contributed by atoms with E-state index in [2.05, 4.69) is 21.2 Å². The highest BCUT2D eigenvalue weighted by atomic mass is 79.9. The van der Waals surface area contributed by atoms with Crippen molar-refractivity contribution in [3.63, 3.8) is 0 Å². The average molecular weight is 306 g/mol. The molecule has 0 aliphatic rings. The van der Waals surface area contributed by atoms with Crippen molar-refractivity contribution in [2.45, 2.75) is 24.6 Å². The number of hydrogen-bond acceptors (Lipinski definition) is 1. The van der Waals surface area contributed by atoms with E-state index in [-0.39, 0.29) is 10.4 Å². The van der Waals surface area contributed by atoms with Crippen LogP contribution in [0.15, 0.2) is 18.2 Å². The normalized spacial score (nSPS) is 12.2. The Morgan fingerprint density at radius 1 is 1.47 bits per heavy atom. The Morgan fingerprint density at radius 3 is 2.82 bits per heavy atom. The number of rotatable bonds is 5. The maximum Gasteiger partial charge on any atom is 0.254 e. The molecule has 0 aromatic heterocycles. The minimum Gasteiger partial charge on any atom is -0.351 e. The summed E-state index contributed by atoms with van der Waals surface area (Å²) in [7, 11) is 0. The molecule has 1 aromatic rings. The summed E-state index contributed by atoms with van der Waals surface area (Å²) in [5, 5.41) is 2.56. The Hall–Kier alpha value is -0.970. The fourth-order valence-corrected chi connectivity index (χ4v) is 2.01. The van der Waals surface area contributed by atoms with Crippen LogP contribution in [0.25, 0.3) is 0 Å². The first-order valence-corrected chi connectivity index (χ1v) is 6.34. The van der Waals surface area contributed by atoms with Gasteiger partial charge in [-0.15, -0.1) is 0 Å². The number of hydrogen-bond donors (Lipinski definition) is 1.